The van der Waals surface area contributed by atoms with Crippen LogP contribution in [0.4, 0.5) is 0 Å². The van der Waals surface area contributed by atoms with E-state index in [0.29, 0.717) is 6.42 Å². The minimum Gasteiger partial charge on any atom is -0.493 e. The van der Waals surface area contributed by atoms with Gasteiger partial charge >= 0.3 is 0 Å². The van der Waals surface area contributed by atoms with Crippen LogP contribution in [-0.4, -0.2) is 40.2 Å². The highest BCUT2D eigenvalue weighted by Crippen LogP contribution is 2.74. The van der Waals surface area contributed by atoms with E-state index in [2.05, 4.69) is 6.08 Å². The molecular weight excluding hydrogens is 244 g/mol. The Hall–Kier alpha value is -0.840. The van der Waals surface area contributed by atoms with Crippen molar-refractivity contribution in [3.63, 3.8) is 0 Å². The maximum Gasteiger partial charge on any atom is 0.135 e. The summed E-state index contributed by atoms with van der Waals surface area (Å²) in [5.74, 6) is 0. The summed E-state index contributed by atoms with van der Waals surface area (Å²) < 4.78 is 5.96. The minimum atomic E-state index is -0.804. The van der Waals surface area contributed by atoms with Crippen LogP contribution in [0.2, 0.25) is 0 Å². The third-order valence-electron chi connectivity index (χ3n) is 6.45. The second-order valence-electron chi connectivity index (χ2n) is 6.68. The number of ether oxygens (including phenoxy) is 1. The lowest BCUT2D eigenvalue weighted by molar-refractivity contribution is -0.143. The van der Waals surface area contributed by atoms with Gasteiger partial charge in [-0.15, -0.1) is 0 Å². The van der Waals surface area contributed by atoms with Gasteiger partial charge in [-0.3, -0.25) is 0 Å². The Labute approximate surface area is 113 Å². The smallest absolute Gasteiger partial charge is 0.135 e. The zero-order valence-electron chi connectivity index (χ0n) is 11.7. The normalized spacial score (nSPS) is 54.8. The van der Waals surface area contributed by atoms with E-state index in [1.165, 1.54) is 0 Å². The topological polar surface area (TPSA) is 69.9 Å². The monoisotopic (exact) mass is 266 g/mol. The van der Waals surface area contributed by atoms with Gasteiger partial charge in [0, 0.05) is 17.3 Å². The first kappa shape index (κ1) is 13.2. The molecule has 0 radical (unpaired) electrons. The first-order valence-electron chi connectivity index (χ1n) is 6.79. The molecule has 0 bridgehead atoms. The summed E-state index contributed by atoms with van der Waals surface area (Å²) in [6.07, 6.45) is 5.50. The SMILES string of the molecule is CC1=CC[C@@]23OC=C[C@@]12[C@@H](O)[C@@](C)(CO)[C@@]3(C)CO. The number of hydrogen-bond donors (Lipinski definition) is 3. The molecule has 0 aromatic carbocycles. The van der Waals surface area contributed by atoms with Crippen molar-refractivity contribution in [3.05, 3.63) is 24.0 Å². The lowest BCUT2D eigenvalue weighted by atomic mass is 9.61. The quantitative estimate of drug-likeness (QED) is 0.652. The highest BCUT2D eigenvalue weighted by molar-refractivity contribution is 5.47. The van der Waals surface area contributed by atoms with Crippen molar-refractivity contribution in [2.24, 2.45) is 16.2 Å². The van der Waals surface area contributed by atoms with Gasteiger partial charge in [0.2, 0.25) is 0 Å². The molecule has 2 aliphatic carbocycles. The van der Waals surface area contributed by atoms with Crippen LogP contribution >= 0.6 is 0 Å². The Bertz CT molecular complexity index is 485. The first-order chi connectivity index (χ1) is 8.86. The Morgan fingerprint density at radius 3 is 2.58 bits per heavy atom. The highest BCUT2D eigenvalue weighted by atomic mass is 16.5. The van der Waals surface area contributed by atoms with Crippen LogP contribution in [-0.2, 0) is 4.74 Å². The fraction of sp³-hybridized carbons (Fsp3) is 0.733. The molecule has 19 heavy (non-hydrogen) atoms. The molecule has 1 heterocycles. The third-order valence-corrected chi connectivity index (χ3v) is 6.45. The fourth-order valence-electron chi connectivity index (χ4n) is 4.80. The standard InChI is InChI=1S/C15H22O4/c1-10-4-5-15-13(3,9-17)12(2,8-16)11(18)14(10,15)6-7-19-15/h4,6-7,11,16-18H,5,8-9H2,1-3H3/t11-,12+,13+,14-,15-/m0/s1. The Balaban J connectivity index is 2.30. The van der Waals surface area contributed by atoms with E-state index in [-0.39, 0.29) is 13.2 Å². The maximum atomic E-state index is 11.0. The molecule has 1 fully saturated rings. The van der Waals surface area contributed by atoms with Gasteiger partial charge in [-0.1, -0.05) is 25.5 Å². The van der Waals surface area contributed by atoms with E-state index >= 15 is 0 Å². The van der Waals surface area contributed by atoms with Gasteiger partial charge in [-0.05, 0) is 13.0 Å². The average Bonchev–Trinajstić information content (AvgIpc) is 2.97. The summed E-state index contributed by atoms with van der Waals surface area (Å²) in [7, 11) is 0. The molecule has 1 saturated carbocycles. The van der Waals surface area contributed by atoms with Gasteiger partial charge in [0.15, 0.2) is 0 Å². The fourth-order valence-corrected chi connectivity index (χ4v) is 4.80. The molecule has 4 nitrogen and oxygen atoms in total. The van der Waals surface area contributed by atoms with Crippen molar-refractivity contribution < 1.29 is 20.1 Å². The molecule has 0 aromatic rings. The Morgan fingerprint density at radius 1 is 1.32 bits per heavy atom. The van der Waals surface area contributed by atoms with Gasteiger partial charge < -0.3 is 20.1 Å². The molecule has 3 rings (SSSR count). The third kappa shape index (κ3) is 0.958. The number of aliphatic hydroxyl groups is 3. The molecule has 1 aliphatic heterocycles. The predicted octanol–water partition coefficient (Wildman–Crippen LogP) is 0.977. The molecule has 4 heteroatoms. The van der Waals surface area contributed by atoms with E-state index < -0.39 is 27.9 Å². The average molecular weight is 266 g/mol. The van der Waals surface area contributed by atoms with E-state index in [0.717, 1.165) is 5.57 Å². The van der Waals surface area contributed by atoms with E-state index in [9.17, 15) is 15.3 Å². The van der Waals surface area contributed by atoms with Crippen LogP contribution in [0, 0.1) is 16.2 Å². The number of aliphatic hydroxyl groups excluding tert-OH is 3. The molecule has 0 spiro atoms. The van der Waals surface area contributed by atoms with Gasteiger partial charge in [0.05, 0.1) is 31.0 Å². The van der Waals surface area contributed by atoms with E-state index in [4.69, 9.17) is 4.74 Å². The van der Waals surface area contributed by atoms with E-state index in [1.54, 1.807) is 6.26 Å². The van der Waals surface area contributed by atoms with Crippen molar-refractivity contribution in [2.75, 3.05) is 13.2 Å². The van der Waals surface area contributed by atoms with Crippen molar-refractivity contribution >= 4 is 0 Å². The molecule has 5 atom stereocenters. The second kappa shape index (κ2) is 3.43. The predicted molar refractivity (Wildman–Crippen MR) is 70.2 cm³/mol. The number of hydrogen-bond acceptors (Lipinski definition) is 4. The van der Waals surface area contributed by atoms with Gasteiger partial charge in [0.25, 0.3) is 0 Å². The summed E-state index contributed by atoms with van der Waals surface area (Å²) in [5.41, 5.74) is -1.77. The molecule has 0 saturated heterocycles. The van der Waals surface area contributed by atoms with Crippen LogP contribution in [0.5, 0.6) is 0 Å². The van der Waals surface area contributed by atoms with E-state index in [1.807, 2.05) is 26.8 Å². The molecule has 106 valence electrons. The molecular formula is C15H22O4. The van der Waals surface area contributed by atoms with Crippen LogP contribution in [0.15, 0.2) is 24.0 Å². The van der Waals surface area contributed by atoms with Crippen LogP contribution in [0.25, 0.3) is 0 Å². The lowest BCUT2D eigenvalue weighted by Crippen LogP contribution is -2.55. The van der Waals surface area contributed by atoms with Crippen LogP contribution in [0.3, 0.4) is 0 Å². The summed E-state index contributed by atoms with van der Waals surface area (Å²) in [4.78, 5) is 0. The largest absolute Gasteiger partial charge is 0.493 e. The molecule has 0 aromatic heterocycles. The van der Waals surface area contributed by atoms with Crippen LogP contribution < -0.4 is 0 Å². The van der Waals surface area contributed by atoms with Gasteiger partial charge in [0.1, 0.15) is 5.60 Å². The highest BCUT2D eigenvalue weighted by Gasteiger charge is 2.82. The summed E-state index contributed by atoms with van der Waals surface area (Å²) >= 11 is 0. The zero-order chi connectivity index (χ0) is 14.1. The lowest BCUT2D eigenvalue weighted by Gasteiger charge is -2.48. The minimum absolute atomic E-state index is 0.133. The zero-order valence-corrected chi connectivity index (χ0v) is 11.7. The maximum absolute atomic E-state index is 11.0. The van der Waals surface area contributed by atoms with Crippen molar-refractivity contribution in [1.29, 1.82) is 0 Å². The Kier molecular flexibility index (Phi) is 2.37. The molecule has 3 aliphatic rings. The summed E-state index contributed by atoms with van der Waals surface area (Å²) in [6.45, 7) is 5.43. The van der Waals surface area contributed by atoms with Crippen molar-refractivity contribution in [3.8, 4) is 0 Å². The number of rotatable bonds is 2. The van der Waals surface area contributed by atoms with Crippen molar-refractivity contribution in [2.45, 2.75) is 38.9 Å². The van der Waals surface area contributed by atoms with Gasteiger partial charge in [-0.25, -0.2) is 0 Å². The Morgan fingerprint density at radius 2 is 2.00 bits per heavy atom. The first-order valence-corrected chi connectivity index (χ1v) is 6.79. The molecule has 0 unspecified atom stereocenters. The summed E-state index contributed by atoms with van der Waals surface area (Å²) in [5, 5.41) is 30.9. The summed E-state index contributed by atoms with van der Waals surface area (Å²) in [6, 6.07) is 0. The van der Waals surface area contributed by atoms with Crippen molar-refractivity contribution in [1.82, 2.24) is 0 Å². The molecule has 3 N–H and O–H groups in total. The van der Waals surface area contributed by atoms with Crippen LogP contribution in [0.1, 0.15) is 27.2 Å². The second-order valence-corrected chi connectivity index (χ2v) is 6.68. The van der Waals surface area contributed by atoms with Gasteiger partial charge in [-0.2, -0.15) is 0 Å². The molecule has 0 amide bonds.